The zero-order valence-corrected chi connectivity index (χ0v) is 11.1. The van der Waals surface area contributed by atoms with Gasteiger partial charge >= 0.3 is 0 Å². The van der Waals surface area contributed by atoms with E-state index in [1.807, 2.05) is 6.92 Å². The zero-order valence-electron chi connectivity index (χ0n) is 11.1. The van der Waals surface area contributed by atoms with Gasteiger partial charge in [0.05, 0.1) is 24.0 Å². The van der Waals surface area contributed by atoms with Crippen LogP contribution in [0.25, 0.3) is 0 Å². The molecule has 0 spiro atoms. The summed E-state index contributed by atoms with van der Waals surface area (Å²) in [5.74, 6) is -0.261. The van der Waals surface area contributed by atoms with Crippen molar-refractivity contribution in [2.24, 2.45) is 5.73 Å². The molecule has 0 aliphatic heterocycles. The van der Waals surface area contributed by atoms with Gasteiger partial charge in [0.2, 0.25) is 5.91 Å². The molecule has 104 valence electrons. The van der Waals surface area contributed by atoms with Crippen LogP contribution in [0.1, 0.15) is 23.7 Å². The quantitative estimate of drug-likeness (QED) is 0.654. The highest BCUT2D eigenvalue weighted by Gasteiger charge is 2.12. The van der Waals surface area contributed by atoms with Crippen LogP contribution in [-0.4, -0.2) is 36.9 Å². The average Bonchev–Trinajstić information content (AvgIpc) is 2.36. The third kappa shape index (κ3) is 4.13. The number of pyridine rings is 1. The molecule has 0 saturated heterocycles. The summed E-state index contributed by atoms with van der Waals surface area (Å²) in [4.78, 5) is 28.4. The molecule has 1 aromatic heterocycles. The molecule has 0 bridgehead atoms. The third-order valence-electron chi connectivity index (χ3n) is 2.53. The molecular formula is C12H19N5O2. The van der Waals surface area contributed by atoms with Gasteiger partial charge in [0.15, 0.2) is 0 Å². The number of nitrogen functional groups attached to an aromatic ring is 1. The topological polar surface area (TPSA) is 114 Å². The number of rotatable bonds is 6. The molecule has 0 aliphatic carbocycles. The van der Waals surface area contributed by atoms with E-state index in [-0.39, 0.29) is 23.7 Å². The number of carbonyl (C=O) groups excluding carboxylic acids is 2. The molecule has 19 heavy (non-hydrogen) atoms. The number of hydrogen-bond donors (Lipinski definition) is 3. The van der Waals surface area contributed by atoms with Crippen LogP contribution in [0.2, 0.25) is 0 Å². The number of aromatic nitrogens is 1. The number of nitrogens with one attached hydrogen (secondary N) is 1. The summed E-state index contributed by atoms with van der Waals surface area (Å²) in [6.45, 7) is 2.76. The largest absolute Gasteiger partial charge is 0.397 e. The molecule has 0 radical (unpaired) electrons. The molecule has 5 N–H and O–H groups in total. The molecule has 1 heterocycles. The van der Waals surface area contributed by atoms with Crippen LogP contribution in [0.4, 0.5) is 11.5 Å². The van der Waals surface area contributed by atoms with Crippen LogP contribution in [-0.2, 0) is 4.79 Å². The van der Waals surface area contributed by atoms with Crippen LogP contribution in [0.15, 0.2) is 12.3 Å². The Morgan fingerprint density at radius 1 is 1.47 bits per heavy atom. The van der Waals surface area contributed by atoms with E-state index in [0.717, 1.165) is 6.42 Å². The lowest BCUT2D eigenvalue weighted by Gasteiger charge is -2.18. The minimum Gasteiger partial charge on any atom is -0.397 e. The Labute approximate surface area is 112 Å². The van der Waals surface area contributed by atoms with Gasteiger partial charge in [0.1, 0.15) is 5.82 Å². The minimum atomic E-state index is -0.620. The van der Waals surface area contributed by atoms with E-state index in [1.165, 1.54) is 12.3 Å². The lowest BCUT2D eigenvalue weighted by atomic mass is 10.2. The van der Waals surface area contributed by atoms with Gasteiger partial charge in [0, 0.05) is 13.6 Å². The van der Waals surface area contributed by atoms with Gasteiger partial charge in [-0.2, -0.15) is 0 Å². The van der Waals surface area contributed by atoms with Crippen molar-refractivity contribution in [3.63, 3.8) is 0 Å². The van der Waals surface area contributed by atoms with E-state index in [0.29, 0.717) is 12.4 Å². The zero-order chi connectivity index (χ0) is 14.4. The number of amides is 2. The summed E-state index contributed by atoms with van der Waals surface area (Å²) >= 11 is 0. The summed E-state index contributed by atoms with van der Waals surface area (Å²) in [5, 5.41) is 2.76. The standard InChI is InChI=1S/C12H19N5O2/c1-3-4-15-11(18)7-17(2)10-5-8(12(14)19)9(13)6-16-10/h5-6H,3-4,7,13H2,1-2H3,(H2,14,19)(H,15,18). The van der Waals surface area contributed by atoms with E-state index in [9.17, 15) is 9.59 Å². The normalized spacial score (nSPS) is 10.0. The van der Waals surface area contributed by atoms with E-state index < -0.39 is 5.91 Å². The number of anilines is 2. The van der Waals surface area contributed by atoms with E-state index >= 15 is 0 Å². The number of nitrogens with two attached hydrogens (primary N) is 2. The van der Waals surface area contributed by atoms with Crippen molar-refractivity contribution in [1.29, 1.82) is 0 Å². The first-order valence-electron chi connectivity index (χ1n) is 5.98. The summed E-state index contributed by atoms with van der Waals surface area (Å²) in [6.07, 6.45) is 2.23. The van der Waals surface area contributed by atoms with Crippen molar-refractivity contribution in [2.45, 2.75) is 13.3 Å². The highest BCUT2D eigenvalue weighted by molar-refractivity contribution is 5.98. The summed E-state index contributed by atoms with van der Waals surface area (Å²) in [5.41, 5.74) is 11.2. The van der Waals surface area contributed by atoms with Crippen LogP contribution < -0.4 is 21.7 Å². The predicted octanol–water partition coefficient (Wildman–Crippen LogP) is -0.275. The monoisotopic (exact) mass is 265 g/mol. The van der Waals surface area contributed by atoms with Gasteiger partial charge in [-0.1, -0.05) is 6.92 Å². The van der Waals surface area contributed by atoms with Crippen molar-refractivity contribution < 1.29 is 9.59 Å². The molecule has 0 saturated carbocycles. The first-order valence-corrected chi connectivity index (χ1v) is 5.98. The van der Waals surface area contributed by atoms with Gasteiger partial charge in [-0.25, -0.2) is 4.98 Å². The minimum absolute atomic E-state index is 0.108. The number of nitrogens with zero attached hydrogens (tertiary/aromatic N) is 2. The fourth-order valence-electron chi connectivity index (χ4n) is 1.49. The fraction of sp³-hybridized carbons (Fsp3) is 0.417. The van der Waals surface area contributed by atoms with Gasteiger partial charge < -0.3 is 21.7 Å². The van der Waals surface area contributed by atoms with Crippen LogP contribution in [0.3, 0.4) is 0 Å². The van der Waals surface area contributed by atoms with Crippen molar-refractivity contribution >= 4 is 23.3 Å². The molecule has 2 amide bonds. The SMILES string of the molecule is CCCNC(=O)CN(C)c1cc(C(N)=O)c(N)cn1. The molecule has 0 fully saturated rings. The maximum Gasteiger partial charge on any atom is 0.250 e. The lowest BCUT2D eigenvalue weighted by Crippen LogP contribution is -2.36. The van der Waals surface area contributed by atoms with Crippen molar-refractivity contribution in [1.82, 2.24) is 10.3 Å². The van der Waals surface area contributed by atoms with Gasteiger partial charge in [-0.3, -0.25) is 9.59 Å². The first-order chi connectivity index (χ1) is 8.95. The average molecular weight is 265 g/mol. The highest BCUT2D eigenvalue weighted by atomic mass is 16.2. The Morgan fingerprint density at radius 3 is 2.74 bits per heavy atom. The van der Waals surface area contributed by atoms with E-state index in [2.05, 4.69) is 10.3 Å². The Bertz CT molecular complexity index is 475. The summed E-state index contributed by atoms with van der Waals surface area (Å²) in [7, 11) is 1.70. The molecule has 0 unspecified atom stereocenters. The van der Waals surface area contributed by atoms with Crippen molar-refractivity contribution in [3.8, 4) is 0 Å². The second-order valence-electron chi connectivity index (χ2n) is 4.20. The molecule has 0 atom stereocenters. The molecule has 1 aromatic rings. The maximum absolute atomic E-state index is 11.6. The molecule has 0 aromatic carbocycles. The number of primary amides is 1. The Balaban J connectivity index is 2.77. The van der Waals surface area contributed by atoms with Crippen molar-refractivity contribution in [3.05, 3.63) is 17.8 Å². The number of likely N-dealkylation sites (N-methyl/N-ethyl adjacent to an activating group) is 1. The van der Waals surface area contributed by atoms with Crippen LogP contribution >= 0.6 is 0 Å². The summed E-state index contributed by atoms with van der Waals surface area (Å²) < 4.78 is 0. The second-order valence-corrected chi connectivity index (χ2v) is 4.20. The van der Waals surface area contributed by atoms with Gasteiger partial charge in [-0.05, 0) is 12.5 Å². The molecule has 7 heteroatoms. The van der Waals surface area contributed by atoms with Gasteiger partial charge in [0.25, 0.3) is 5.91 Å². The maximum atomic E-state index is 11.6. The Hall–Kier alpha value is -2.31. The van der Waals surface area contributed by atoms with Gasteiger partial charge in [-0.15, -0.1) is 0 Å². The molecule has 0 aliphatic rings. The number of hydrogen-bond acceptors (Lipinski definition) is 5. The van der Waals surface area contributed by atoms with E-state index in [1.54, 1.807) is 11.9 Å². The van der Waals surface area contributed by atoms with E-state index in [4.69, 9.17) is 11.5 Å². The van der Waals surface area contributed by atoms with Crippen LogP contribution in [0.5, 0.6) is 0 Å². The molecule has 7 nitrogen and oxygen atoms in total. The van der Waals surface area contributed by atoms with Crippen LogP contribution in [0, 0.1) is 0 Å². The lowest BCUT2D eigenvalue weighted by molar-refractivity contribution is -0.119. The Kier molecular flexibility index (Phi) is 5.11. The second kappa shape index (κ2) is 6.58. The Morgan fingerprint density at radius 2 is 2.16 bits per heavy atom. The third-order valence-corrected chi connectivity index (χ3v) is 2.53. The first kappa shape index (κ1) is 14.7. The molecular weight excluding hydrogens is 246 g/mol. The van der Waals surface area contributed by atoms with Crippen molar-refractivity contribution in [2.75, 3.05) is 30.8 Å². The number of carbonyl (C=O) groups is 2. The predicted molar refractivity (Wildman–Crippen MR) is 73.7 cm³/mol. The smallest absolute Gasteiger partial charge is 0.250 e. The summed E-state index contributed by atoms with van der Waals surface area (Å²) in [6, 6.07) is 1.48. The molecule has 1 rings (SSSR count). The highest BCUT2D eigenvalue weighted by Crippen LogP contribution is 2.16. The fourth-order valence-corrected chi connectivity index (χ4v) is 1.49.